The Hall–Kier alpha value is -1.92. The van der Waals surface area contributed by atoms with E-state index in [2.05, 4.69) is 27.6 Å². The predicted molar refractivity (Wildman–Crippen MR) is 107 cm³/mol. The molecule has 2 heterocycles. The van der Waals surface area contributed by atoms with Gasteiger partial charge in [0, 0.05) is 44.5 Å². The van der Waals surface area contributed by atoms with Crippen molar-refractivity contribution in [2.75, 3.05) is 33.2 Å². The van der Waals surface area contributed by atoms with Crippen molar-refractivity contribution in [3.05, 3.63) is 34.9 Å². The van der Waals surface area contributed by atoms with Crippen molar-refractivity contribution < 1.29 is 9.59 Å². The minimum Gasteiger partial charge on any atom is -0.340 e. The van der Waals surface area contributed by atoms with E-state index >= 15 is 0 Å². The molecule has 2 aliphatic rings. The van der Waals surface area contributed by atoms with E-state index in [0.717, 1.165) is 50.5 Å². The standard InChI is InChI=1S/C20H27ClN4O2/c1-24(20(27)18-8-9-19(26)23-22-18)13-16-3-2-11-25(14-16)12-10-15-4-6-17(21)7-5-15/h4-7,16H,2-3,8-14H2,1H3,(H,23,26)/t16-/m1/s1. The second-order valence-corrected chi connectivity index (χ2v) is 7.90. The number of piperidine rings is 1. The molecule has 2 amide bonds. The number of nitrogens with one attached hydrogen (secondary N) is 1. The van der Waals surface area contributed by atoms with Crippen LogP contribution in [-0.4, -0.2) is 60.6 Å². The first-order chi connectivity index (χ1) is 13.0. The molecular formula is C20H27ClN4O2. The van der Waals surface area contributed by atoms with Gasteiger partial charge in [-0.3, -0.25) is 9.59 Å². The molecule has 1 aromatic carbocycles. The molecule has 1 aromatic rings. The van der Waals surface area contributed by atoms with E-state index in [1.165, 1.54) is 5.56 Å². The first-order valence-electron chi connectivity index (χ1n) is 9.59. The van der Waals surface area contributed by atoms with Gasteiger partial charge >= 0.3 is 0 Å². The SMILES string of the molecule is CN(C[C@H]1CCCN(CCc2ccc(Cl)cc2)C1)C(=O)C1=NNC(=O)CC1. The largest absolute Gasteiger partial charge is 0.340 e. The maximum absolute atomic E-state index is 12.5. The number of halogens is 1. The molecule has 1 saturated heterocycles. The van der Waals surface area contributed by atoms with Gasteiger partial charge in [0.2, 0.25) is 5.91 Å². The Kier molecular flexibility index (Phi) is 6.85. The molecular weight excluding hydrogens is 364 g/mol. The Morgan fingerprint density at radius 2 is 2.11 bits per heavy atom. The van der Waals surface area contributed by atoms with Crippen LogP contribution in [0, 0.1) is 5.92 Å². The Morgan fingerprint density at radius 1 is 1.33 bits per heavy atom. The molecule has 1 fully saturated rings. The van der Waals surface area contributed by atoms with Crippen molar-refractivity contribution in [2.24, 2.45) is 11.0 Å². The average Bonchev–Trinajstić information content (AvgIpc) is 2.68. The lowest BCUT2D eigenvalue weighted by molar-refractivity contribution is -0.124. The number of hydrogen-bond donors (Lipinski definition) is 1. The number of nitrogens with zero attached hydrogens (tertiary/aromatic N) is 3. The van der Waals surface area contributed by atoms with Gasteiger partial charge in [-0.15, -0.1) is 0 Å². The third-order valence-corrected chi connectivity index (χ3v) is 5.52. The highest BCUT2D eigenvalue weighted by atomic mass is 35.5. The first kappa shape index (κ1) is 19.8. The van der Waals surface area contributed by atoms with Crippen molar-refractivity contribution in [2.45, 2.75) is 32.1 Å². The molecule has 0 radical (unpaired) electrons. The van der Waals surface area contributed by atoms with Gasteiger partial charge in [-0.25, -0.2) is 5.43 Å². The lowest BCUT2D eigenvalue weighted by atomic mass is 9.96. The smallest absolute Gasteiger partial charge is 0.269 e. The fraction of sp³-hybridized carbons (Fsp3) is 0.550. The summed E-state index contributed by atoms with van der Waals surface area (Å²) in [5.41, 5.74) is 4.15. The van der Waals surface area contributed by atoms with Crippen molar-refractivity contribution >= 4 is 29.1 Å². The highest BCUT2D eigenvalue weighted by Gasteiger charge is 2.26. The Bertz CT molecular complexity index is 704. The van der Waals surface area contributed by atoms with E-state index in [9.17, 15) is 9.59 Å². The number of carbonyl (C=O) groups is 2. The van der Waals surface area contributed by atoms with Gasteiger partial charge < -0.3 is 9.80 Å². The molecule has 0 spiro atoms. The van der Waals surface area contributed by atoms with E-state index in [4.69, 9.17) is 11.6 Å². The molecule has 2 aliphatic heterocycles. The summed E-state index contributed by atoms with van der Waals surface area (Å²) in [6, 6.07) is 8.04. The highest BCUT2D eigenvalue weighted by molar-refractivity contribution is 6.39. The Labute approximate surface area is 165 Å². The van der Waals surface area contributed by atoms with Crippen LogP contribution in [0.15, 0.2) is 29.4 Å². The van der Waals surface area contributed by atoms with Crippen LogP contribution in [0.25, 0.3) is 0 Å². The van der Waals surface area contributed by atoms with Crippen LogP contribution in [0.4, 0.5) is 0 Å². The van der Waals surface area contributed by atoms with Gasteiger partial charge in [-0.2, -0.15) is 5.10 Å². The second-order valence-electron chi connectivity index (χ2n) is 7.46. The fourth-order valence-corrected chi connectivity index (χ4v) is 3.89. The quantitative estimate of drug-likeness (QED) is 0.810. The molecule has 27 heavy (non-hydrogen) atoms. The van der Waals surface area contributed by atoms with Crippen molar-refractivity contribution in [1.82, 2.24) is 15.2 Å². The Morgan fingerprint density at radius 3 is 2.81 bits per heavy atom. The molecule has 6 nitrogen and oxygen atoms in total. The van der Waals surface area contributed by atoms with Crippen LogP contribution < -0.4 is 5.43 Å². The maximum atomic E-state index is 12.5. The van der Waals surface area contributed by atoms with Crippen molar-refractivity contribution in [1.29, 1.82) is 0 Å². The summed E-state index contributed by atoms with van der Waals surface area (Å²) in [6.07, 6.45) is 4.06. The molecule has 0 aliphatic carbocycles. The van der Waals surface area contributed by atoms with Crippen LogP contribution in [-0.2, 0) is 16.0 Å². The summed E-state index contributed by atoms with van der Waals surface area (Å²) in [5, 5.41) is 4.68. The van der Waals surface area contributed by atoms with Gasteiger partial charge in [-0.1, -0.05) is 23.7 Å². The Balaban J connectivity index is 1.46. The predicted octanol–water partition coefficient (Wildman–Crippen LogP) is 2.32. The average molecular weight is 391 g/mol. The molecule has 1 N–H and O–H groups in total. The van der Waals surface area contributed by atoms with E-state index in [0.29, 0.717) is 24.5 Å². The van der Waals surface area contributed by atoms with Gasteiger partial charge in [0.05, 0.1) is 0 Å². The van der Waals surface area contributed by atoms with Crippen LogP contribution in [0.5, 0.6) is 0 Å². The lowest BCUT2D eigenvalue weighted by Crippen LogP contribution is -2.44. The molecule has 3 rings (SSSR count). The molecule has 146 valence electrons. The van der Waals surface area contributed by atoms with Gasteiger partial charge in [0.15, 0.2) is 0 Å². The summed E-state index contributed by atoms with van der Waals surface area (Å²) in [5.74, 6) is 0.266. The molecule has 0 bridgehead atoms. The topological polar surface area (TPSA) is 65.0 Å². The van der Waals surface area contributed by atoms with Crippen LogP contribution >= 0.6 is 11.6 Å². The van der Waals surface area contributed by atoms with Crippen LogP contribution in [0.1, 0.15) is 31.2 Å². The van der Waals surface area contributed by atoms with Gasteiger partial charge in [-0.05, 0) is 49.4 Å². The highest BCUT2D eigenvalue weighted by Crippen LogP contribution is 2.19. The van der Waals surface area contributed by atoms with Crippen LogP contribution in [0.3, 0.4) is 0 Å². The number of likely N-dealkylation sites (tertiary alicyclic amines) is 1. The zero-order valence-electron chi connectivity index (χ0n) is 15.8. The molecule has 0 aromatic heterocycles. The molecule has 7 heteroatoms. The van der Waals surface area contributed by atoms with E-state index in [1.807, 2.05) is 19.2 Å². The number of carbonyl (C=O) groups excluding carboxylic acids is 2. The number of hydrazone groups is 1. The summed E-state index contributed by atoms with van der Waals surface area (Å²) >= 11 is 5.95. The molecule has 0 saturated carbocycles. The summed E-state index contributed by atoms with van der Waals surface area (Å²) in [6.45, 7) is 3.87. The number of amides is 2. The summed E-state index contributed by atoms with van der Waals surface area (Å²) in [4.78, 5) is 27.9. The first-order valence-corrected chi connectivity index (χ1v) is 9.96. The molecule has 0 unspecified atom stereocenters. The number of benzene rings is 1. The second kappa shape index (κ2) is 9.33. The van der Waals surface area contributed by atoms with Crippen molar-refractivity contribution in [3.63, 3.8) is 0 Å². The maximum Gasteiger partial charge on any atom is 0.269 e. The monoisotopic (exact) mass is 390 g/mol. The molecule has 1 atom stereocenters. The third kappa shape index (κ3) is 5.78. The lowest BCUT2D eigenvalue weighted by Gasteiger charge is -2.35. The van der Waals surface area contributed by atoms with Gasteiger partial charge in [0.1, 0.15) is 5.71 Å². The third-order valence-electron chi connectivity index (χ3n) is 5.26. The van der Waals surface area contributed by atoms with E-state index in [1.54, 1.807) is 4.90 Å². The fourth-order valence-electron chi connectivity index (χ4n) is 3.76. The normalized spacial score (nSPS) is 20.7. The summed E-state index contributed by atoms with van der Waals surface area (Å²) < 4.78 is 0. The summed E-state index contributed by atoms with van der Waals surface area (Å²) in [7, 11) is 1.83. The van der Waals surface area contributed by atoms with E-state index in [-0.39, 0.29) is 11.8 Å². The van der Waals surface area contributed by atoms with Crippen LogP contribution in [0.2, 0.25) is 5.02 Å². The van der Waals surface area contributed by atoms with Crippen molar-refractivity contribution in [3.8, 4) is 0 Å². The minimum atomic E-state index is -0.127. The number of rotatable bonds is 6. The minimum absolute atomic E-state index is 0.0757. The van der Waals surface area contributed by atoms with Gasteiger partial charge in [0.25, 0.3) is 5.91 Å². The van der Waals surface area contributed by atoms with E-state index < -0.39 is 0 Å². The zero-order chi connectivity index (χ0) is 19.2. The zero-order valence-corrected chi connectivity index (χ0v) is 16.5. The number of hydrogen-bond acceptors (Lipinski definition) is 4.